The molecule has 0 saturated carbocycles. The number of aromatic nitrogens is 3. The number of hydrogen-bond donors (Lipinski definition) is 0. The Balaban J connectivity index is 1.70. The maximum atomic E-state index is 12.6. The van der Waals surface area contributed by atoms with E-state index < -0.39 is 6.10 Å². The summed E-state index contributed by atoms with van der Waals surface area (Å²) >= 11 is 0. The molecule has 0 aromatic carbocycles. The topological polar surface area (TPSA) is 81.4 Å². The van der Waals surface area contributed by atoms with Gasteiger partial charge in [-0.1, -0.05) is 5.16 Å². The molecule has 1 fully saturated rings. The SMILES string of the molecule is Cc1nc(C2CCCN2C(=O)C(C)Oc2cccnc2)no1. The normalized spacial score (nSPS) is 19.2. The fraction of sp³-hybridized carbons (Fsp3) is 0.467. The Morgan fingerprint density at radius 2 is 2.41 bits per heavy atom. The van der Waals surface area contributed by atoms with Gasteiger partial charge in [0.15, 0.2) is 11.9 Å². The molecule has 2 atom stereocenters. The van der Waals surface area contributed by atoms with Crippen LogP contribution in [0.5, 0.6) is 5.75 Å². The molecule has 1 amide bonds. The van der Waals surface area contributed by atoms with E-state index in [0.29, 0.717) is 24.0 Å². The smallest absolute Gasteiger partial charge is 0.263 e. The minimum absolute atomic E-state index is 0.0752. The van der Waals surface area contributed by atoms with Crippen LogP contribution >= 0.6 is 0 Å². The average molecular weight is 302 g/mol. The molecule has 1 saturated heterocycles. The van der Waals surface area contributed by atoms with E-state index >= 15 is 0 Å². The van der Waals surface area contributed by atoms with Crippen LogP contribution < -0.4 is 4.74 Å². The van der Waals surface area contributed by atoms with Crippen LogP contribution in [0.4, 0.5) is 0 Å². The van der Waals surface area contributed by atoms with E-state index in [1.54, 1.807) is 43.3 Å². The summed E-state index contributed by atoms with van der Waals surface area (Å²) in [5.41, 5.74) is 0. The van der Waals surface area contributed by atoms with Crippen molar-refractivity contribution in [3.63, 3.8) is 0 Å². The molecule has 2 unspecified atom stereocenters. The van der Waals surface area contributed by atoms with E-state index in [1.807, 2.05) is 0 Å². The number of pyridine rings is 1. The summed E-state index contributed by atoms with van der Waals surface area (Å²) in [6.07, 6.45) is 4.42. The summed E-state index contributed by atoms with van der Waals surface area (Å²) in [4.78, 5) is 22.6. The lowest BCUT2D eigenvalue weighted by Gasteiger charge is -2.25. The van der Waals surface area contributed by atoms with Crippen LogP contribution in [0.25, 0.3) is 0 Å². The van der Waals surface area contributed by atoms with Gasteiger partial charge in [-0.2, -0.15) is 4.98 Å². The number of carbonyl (C=O) groups is 1. The van der Waals surface area contributed by atoms with Gasteiger partial charge in [0.1, 0.15) is 5.75 Å². The van der Waals surface area contributed by atoms with Crippen molar-refractivity contribution in [2.45, 2.75) is 38.8 Å². The average Bonchev–Trinajstić information content (AvgIpc) is 3.15. The van der Waals surface area contributed by atoms with E-state index in [4.69, 9.17) is 9.26 Å². The van der Waals surface area contributed by atoms with Crippen LogP contribution in [0.3, 0.4) is 0 Å². The van der Waals surface area contributed by atoms with Crippen LogP contribution in [0, 0.1) is 6.92 Å². The highest BCUT2D eigenvalue weighted by atomic mass is 16.5. The van der Waals surface area contributed by atoms with Crippen molar-refractivity contribution in [1.82, 2.24) is 20.0 Å². The van der Waals surface area contributed by atoms with Crippen molar-refractivity contribution < 1.29 is 14.1 Å². The second kappa shape index (κ2) is 6.13. The first kappa shape index (κ1) is 14.5. The van der Waals surface area contributed by atoms with Crippen LogP contribution in [0.1, 0.15) is 37.5 Å². The molecule has 7 heteroatoms. The summed E-state index contributed by atoms with van der Waals surface area (Å²) in [5.74, 6) is 1.58. The van der Waals surface area contributed by atoms with Gasteiger partial charge >= 0.3 is 0 Å². The molecule has 3 heterocycles. The van der Waals surface area contributed by atoms with Gasteiger partial charge in [0.2, 0.25) is 5.89 Å². The third-order valence-electron chi connectivity index (χ3n) is 3.67. The minimum Gasteiger partial charge on any atom is -0.479 e. The summed E-state index contributed by atoms with van der Waals surface area (Å²) in [7, 11) is 0. The number of ether oxygens (including phenoxy) is 1. The van der Waals surface area contributed by atoms with Crippen LogP contribution in [0.15, 0.2) is 29.0 Å². The lowest BCUT2D eigenvalue weighted by molar-refractivity contribution is -0.139. The largest absolute Gasteiger partial charge is 0.479 e. The van der Waals surface area contributed by atoms with Crippen molar-refractivity contribution in [3.05, 3.63) is 36.2 Å². The molecule has 0 bridgehead atoms. The van der Waals surface area contributed by atoms with Gasteiger partial charge < -0.3 is 14.2 Å². The molecule has 0 spiro atoms. The van der Waals surface area contributed by atoms with Gasteiger partial charge in [-0.05, 0) is 31.9 Å². The summed E-state index contributed by atoms with van der Waals surface area (Å²) in [6, 6.07) is 3.42. The Bertz CT molecular complexity index is 643. The van der Waals surface area contributed by atoms with Gasteiger partial charge in [0.05, 0.1) is 12.2 Å². The van der Waals surface area contributed by atoms with E-state index in [1.165, 1.54) is 0 Å². The number of likely N-dealkylation sites (tertiary alicyclic amines) is 1. The van der Waals surface area contributed by atoms with Crippen LogP contribution in [0.2, 0.25) is 0 Å². The van der Waals surface area contributed by atoms with Crippen LogP contribution in [-0.2, 0) is 4.79 Å². The molecule has 3 rings (SSSR count). The first-order valence-electron chi connectivity index (χ1n) is 7.32. The number of nitrogens with zero attached hydrogens (tertiary/aromatic N) is 4. The molecule has 2 aromatic heterocycles. The fourth-order valence-corrected chi connectivity index (χ4v) is 2.65. The molecular weight excluding hydrogens is 284 g/mol. The zero-order valence-electron chi connectivity index (χ0n) is 12.6. The fourth-order valence-electron chi connectivity index (χ4n) is 2.65. The van der Waals surface area contributed by atoms with E-state index in [-0.39, 0.29) is 11.9 Å². The predicted octanol–water partition coefficient (Wildman–Crippen LogP) is 1.90. The number of hydrogen-bond acceptors (Lipinski definition) is 6. The van der Waals surface area contributed by atoms with Gasteiger partial charge in [-0.15, -0.1) is 0 Å². The first-order chi connectivity index (χ1) is 10.6. The zero-order valence-corrected chi connectivity index (χ0v) is 12.6. The standard InChI is InChI=1S/C15H18N4O3/c1-10(21-12-5-3-7-16-9-12)15(20)19-8-4-6-13(19)14-17-11(2)22-18-14/h3,5,7,9-10,13H,4,6,8H2,1-2H3. The number of amides is 1. The Hall–Kier alpha value is -2.44. The van der Waals surface area contributed by atoms with Crippen molar-refractivity contribution >= 4 is 5.91 Å². The molecule has 22 heavy (non-hydrogen) atoms. The van der Waals surface area contributed by atoms with Gasteiger partial charge in [0.25, 0.3) is 5.91 Å². The summed E-state index contributed by atoms with van der Waals surface area (Å²) in [6.45, 7) is 4.16. The third-order valence-corrected chi connectivity index (χ3v) is 3.67. The molecule has 2 aromatic rings. The van der Waals surface area contributed by atoms with E-state index in [0.717, 1.165) is 12.8 Å². The first-order valence-corrected chi connectivity index (χ1v) is 7.32. The Kier molecular flexibility index (Phi) is 4.04. The second-order valence-electron chi connectivity index (χ2n) is 5.31. The van der Waals surface area contributed by atoms with Gasteiger partial charge in [-0.25, -0.2) is 0 Å². The maximum Gasteiger partial charge on any atom is 0.263 e. The number of rotatable bonds is 4. The van der Waals surface area contributed by atoms with Crippen molar-refractivity contribution in [3.8, 4) is 5.75 Å². The van der Waals surface area contributed by atoms with Crippen molar-refractivity contribution in [1.29, 1.82) is 0 Å². The molecule has 1 aliphatic rings. The quantitative estimate of drug-likeness (QED) is 0.858. The number of carbonyl (C=O) groups excluding carboxylic acids is 1. The Labute approximate surface area is 128 Å². The molecule has 7 nitrogen and oxygen atoms in total. The highest BCUT2D eigenvalue weighted by Crippen LogP contribution is 2.31. The predicted molar refractivity (Wildman–Crippen MR) is 77.1 cm³/mol. The lowest BCUT2D eigenvalue weighted by Crippen LogP contribution is -2.40. The monoisotopic (exact) mass is 302 g/mol. The third kappa shape index (κ3) is 2.93. The van der Waals surface area contributed by atoms with Crippen molar-refractivity contribution in [2.24, 2.45) is 0 Å². The van der Waals surface area contributed by atoms with E-state index in [9.17, 15) is 4.79 Å². The van der Waals surface area contributed by atoms with Crippen molar-refractivity contribution in [2.75, 3.05) is 6.54 Å². The molecule has 0 radical (unpaired) electrons. The molecule has 0 N–H and O–H groups in total. The Morgan fingerprint density at radius 1 is 1.55 bits per heavy atom. The maximum absolute atomic E-state index is 12.6. The highest BCUT2D eigenvalue weighted by Gasteiger charge is 2.35. The number of aryl methyl sites for hydroxylation is 1. The molecule has 0 aliphatic carbocycles. The minimum atomic E-state index is -0.585. The second-order valence-corrected chi connectivity index (χ2v) is 5.31. The highest BCUT2D eigenvalue weighted by molar-refractivity contribution is 5.81. The van der Waals surface area contributed by atoms with Gasteiger partial charge in [0, 0.05) is 19.7 Å². The van der Waals surface area contributed by atoms with Crippen LogP contribution in [-0.4, -0.2) is 38.6 Å². The lowest BCUT2D eigenvalue weighted by atomic mass is 10.2. The summed E-state index contributed by atoms with van der Waals surface area (Å²) < 4.78 is 10.7. The zero-order chi connectivity index (χ0) is 15.5. The molecule has 1 aliphatic heterocycles. The molecule has 116 valence electrons. The van der Waals surface area contributed by atoms with Gasteiger partial charge in [-0.3, -0.25) is 9.78 Å². The van der Waals surface area contributed by atoms with E-state index in [2.05, 4.69) is 15.1 Å². The Morgan fingerprint density at radius 3 is 3.09 bits per heavy atom. The molecular formula is C15H18N4O3. The summed E-state index contributed by atoms with van der Waals surface area (Å²) in [5, 5.41) is 3.94.